The molecule has 23 heavy (non-hydrogen) atoms. The molecule has 1 saturated carbocycles. The molecule has 0 bridgehead atoms. The van der Waals surface area contributed by atoms with Crippen LogP contribution in [0, 0.1) is 5.92 Å². The van der Waals surface area contributed by atoms with Crippen LogP contribution < -0.4 is 5.32 Å². The van der Waals surface area contributed by atoms with Gasteiger partial charge < -0.3 is 10.1 Å². The van der Waals surface area contributed by atoms with Crippen molar-refractivity contribution in [3.8, 4) is 0 Å². The van der Waals surface area contributed by atoms with Gasteiger partial charge >= 0.3 is 5.97 Å². The standard InChI is InChI=1S/C18H21NO4/c1-11(2)10-23-18(22)13-5-7-14(8-6-13)19-16-15(20)9-4-12(3)17(16)21/h5-8,11,16,19H,3-4,9-10H2,1-2H3. The summed E-state index contributed by atoms with van der Waals surface area (Å²) in [5.41, 5.74) is 1.50. The van der Waals surface area contributed by atoms with Crippen LogP contribution in [-0.4, -0.2) is 30.2 Å². The number of ether oxygens (including phenoxy) is 1. The minimum atomic E-state index is -0.880. The van der Waals surface area contributed by atoms with Crippen LogP contribution in [-0.2, 0) is 14.3 Å². The van der Waals surface area contributed by atoms with E-state index in [1.54, 1.807) is 24.3 Å². The van der Waals surface area contributed by atoms with Crippen molar-refractivity contribution in [3.05, 3.63) is 42.0 Å². The summed E-state index contributed by atoms with van der Waals surface area (Å²) >= 11 is 0. The number of anilines is 1. The fourth-order valence-corrected chi connectivity index (χ4v) is 2.23. The summed E-state index contributed by atoms with van der Waals surface area (Å²) in [7, 11) is 0. The van der Waals surface area contributed by atoms with E-state index in [0.29, 0.717) is 36.3 Å². The molecule has 1 aromatic rings. The Bertz CT molecular complexity index is 631. The van der Waals surface area contributed by atoms with Gasteiger partial charge in [-0.15, -0.1) is 0 Å². The molecule has 0 spiro atoms. The fourth-order valence-electron chi connectivity index (χ4n) is 2.23. The van der Waals surface area contributed by atoms with Crippen molar-refractivity contribution < 1.29 is 19.1 Å². The lowest BCUT2D eigenvalue weighted by Crippen LogP contribution is -2.41. The van der Waals surface area contributed by atoms with Gasteiger partial charge in [-0.2, -0.15) is 0 Å². The van der Waals surface area contributed by atoms with Gasteiger partial charge in [-0.05, 0) is 42.2 Å². The van der Waals surface area contributed by atoms with Crippen LogP contribution in [0.15, 0.2) is 36.4 Å². The highest BCUT2D eigenvalue weighted by Gasteiger charge is 2.32. The maximum absolute atomic E-state index is 12.0. The molecule has 1 fully saturated rings. The molecule has 0 radical (unpaired) electrons. The molecule has 0 aromatic heterocycles. The van der Waals surface area contributed by atoms with E-state index in [9.17, 15) is 14.4 Å². The van der Waals surface area contributed by atoms with Crippen molar-refractivity contribution in [2.75, 3.05) is 11.9 Å². The Morgan fingerprint density at radius 1 is 1.26 bits per heavy atom. The molecule has 1 N–H and O–H groups in total. The number of Topliss-reactive ketones (excluding diaryl/α,β-unsaturated/α-hetero) is 2. The maximum atomic E-state index is 12.0. The van der Waals surface area contributed by atoms with Crippen molar-refractivity contribution in [2.45, 2.75) is 32.7 Å². The molecular weight excluding hydrogens is 294 g/mol. The minimum absolute atomic E-state index is 0.136. The molecular formula is C18H21NO4. The molecule has 5 nitrogen and oxygen atoms in total. The number of carbonyl (C=O) groups is 3. The molecule has 1 aliphatic rings. The number of carbonyl (C=O) groups excluding carboxylic acids is 3. The molecule has 1 aliphatic carbocycles. The average molecular weight is 315 g/mol. The summed E-state index contributed by atoms with van der Waals surface area (Å²) in [4.78, 5) is 35.7. The zero-order valence-corrected chi connectivity index (χ0v) is 13.4. The Morgan fingerprint density at radius 3 is 2.52 bits per heavy atom. The molecule has 122 valence electrons. The van der Waals surface area contributed by atoms with Crippen LogP contribution in [0.5, 0.6) is 0 Å². The summed E-state index contributed by atoms with van der Waals surface area (Å²) < 4.78 is 5.15. The van der Waals surface area contributed by atoms with Crippen molar-refractivity contribution in [3.63, 3.8) is 0 Å². The van der Waals surface area contributed by atoms with Crippen molar-refractivity contribution in [2.24, 2.45) is 5.92 Å². The van der Waals surface area contributed by atoms with Gasteiger partial charge in [0.15, 0.2) is 11.6 Å². The molecule has 0 amide bonds. The number of esters is 1. The largest absolute Gasteiger partial charge is 0.462 e. The number of nitrogens with one attached hydrogen (secondary N) is 1. The third-order valence-electron chi connectivity index (χ3n) is 3.59. The van der Waals surface area contributed by atoms with Crippen LogP contribution in [0.1, 0.15) is 37.0 Å². The normalized spacial score (nSPS) is 18.2. The van der Waals surface area contributed by atoms with Crippen molar-refractivity contribution in [1.82, 2.24) is 0 Å². The number of rotatable bonds is 5. The van der Waals surface area contributed by atoms with Gasteiger partial charge in [-0.3, -0.25) is 9.59 Å². The SMILES string of the molecule is C=C1CCC(=O)C(Nc2ccc(C(=O)OCC(C)C)cc2)C1=O. The minimum Gasteiger partial charge on any atom is -0.462 e. The molecule has 5 heteroatoms. The lowest BCUT2D eigenvalue weighted by Gasteiger charge is -2.23. The quantitative estimate of drug-likeness (QED) is 0.514. The van der Waals surface area contributed by atoms with E-state index in [4.69, 9.17) is 4.74 Å². The molecule has 0 saturated heterocycles. The van der Waals surface area contributed by atoms with E-state index in [0.717, 1.165) is 0 Å². The first kappa shape index (κ1) is 16.9. The molecule has 0 aliphatic heterocycles. The van der Waals surface area contributed by atoms with Gasteiger partial charge in [-0.1, -0.05) is 20.4 Å². The molecule has 1 unspecified atom stereocenters. The average Bonchev–Trinajstić information content (AvgIpc) is 2.53. The van der Waals surface area contributed by atoms with Gasteiger partial charge in [0.1, 0.15) is 6.04 Å². The van der Waals surface area contributed by atoms with Crippen LogP contribution in [0.25, 0.3) is 0 Å². The second kappa shape index (κ2) is 7.22. The lowest BCUT2D eigenvalue weighted by atomic mass is 9.89. The second-order valence-corrected chi connectivity index (χ2v) is 6.08. The fraction of sp³-hybridized carbons (Fsp3) is 0.389. The van der Waals surface area contributed by atoms with E-state index in [1.807, 2.05) is 13.8 Å². The number of hydrogen-bond donors (Lipinski definition) is 1. The van der Waals surface area contributed by atoms with Gasteiger partial charge in [0.2, 0.25) is 0 Å². The third kappa shape index (κ3) is 4.28. The summed E-state index contributed by atoms with van der Waals surface area (Å²) in [6.07, 6.45) is 0.748. The summed E-state index contributed by atoms with van der Waals surface area (Å²) in [5.74, 6) is -0.510. The van der Waals surface area contributed by atoms with E-state index >= 15 is 0 Å². The highest BCUT2D eigenvalue weighted by molar-refractivity contribution is 6.17. The summed E-state index contributed by atoms with van der Waals surface area (Å²) in [6, 6.07) is 5.65. The first-order valence-corrected chi connectivity index (χ1v) is 7.67. The number of ketones is 2. The predicted octanol–water partition coefficient (Wildman–Crippen LogP) is 2.77. The lowest BCUT2D eigenvalue weighted by molar-refractivity contribution is -0.128. The molecule has 1 aromatic carbocycles. The van der Waals surface area contributed by atoms with Crippen molar-refractivity contribution in [1.29, 1.82) is 0 Å². The molecule has 0 heterocycles. The summed E-state index contributed by atoms with van der Waals surface area (Å²) in [5, 5.41) is 2.92. The van der Waals surface area contributed by atoms with E-state index in [1.165, 1.54) is 0 Å². The van der Waals surface area contributed by atoms with Gasteiger partial charge in [0.25, 0.3) is 0 Å². The highest BCUT2D eigenvalue weighted by Crippen LogP contribution is 2.20. The summed E-state index contributed by atoms with van der Waals surface area (Å²) in [6.45, 7) is 7.99. The van der Waals surface area contributed by atoms with Crippen LogP contribution in [0.2, 0.25) is 0 Å². The van der Waals surface area contributed by atoms with Crippen LogP contribution in [0.4, 0.5) is 5.69 Å². The zero-order chi connectivity index (χ0) is 17.0. The Hall–Kier alpha value is -2.43. The monoisotopic (exact) mass is 315 g/mol. The second-order valence-electron chi connectivity index (χ2n) is 6.08. The number of hydrogen-bond acceptors (Lipinski definition) is 5. The Morgan fingerprint density at radius 2 is 1.91 bits per heavy atom. The number of benzene rings is 1. The first-order chi connectivity index (χ1) is 10.9. The Balaban J connectivity index is 2.02. The zero-order valence-electron chi connectivity index (χ0n) is 13.4. The van der Waals surface area contributed by atoms with Crippen molar-refractivity contribution >= 4 is 23.2 Å². The first-order valence-electron chi connectivity index (χ1n) is 7.67. The topological polar surface area (TPSA) is 72.5 Å². The predicted molar refractivity (Wildman–Crippen MR) is 87.4 cm³/mol. The molecule has 1 atom stereocenters. The van der Waals surface area contributed by atoms with Gasteiger partial charge in [-0.25, -0.2) is 4.79 Å². The Kier molecular flexibility index (Phi) is 5.32. The van der Waals surface area contributed by atoms with Gasteiger partial charge in [0.05, 0.1) is 12.2 Å². The van der Waals surface area contributed by atoms with Crippen LogP contribution in [0.3, 0.4) is 0 Å². The highest BCUT2D eigenvalue weighted by atomic mass is 16.5. The maximum Gasteiger partial charge on any atom is 0.338 e. The van der Waals surface area contributed by atoms with Crippen LogP contribution >= 0.6 is 0 Å². The van der Waals surface area contributed by atoms with E-state index in [2.05, 4.69) is 11.9 Å². The van der Waals surface area contributed by atoms with Gasteiger partial charge in [0, 0.05) is 12.1 Å². The van der Waals surface area contributed by atoms with E-state index in [-0.39, 0.29) is 23.5 Å². The Labute approximate surface area is 135 Å². The third-order valence-corrected chi connectivity index (χ3v) is 3.59. The smallest absolute Gasteiger partial charge is 0.338 e. The van der Waals surface area contributed by atoms with E-state index < -0.39 is 6.04 Å². The molecule has 2 rings (SSSR count).